The maximum Gasteiger partial charge on any atom is 0.256 e. The Hall–Kier alpha value is -2.81. The molecule has 0 saturated heterocycles. The number of nitriles is 1. The molecule has 0 bridgehead atoms. The van der Waals surface area contributed by atoms with Crippen molar-refractivity contribution < 1.29 is 4.79 Å². The lowest BCUT2D eigenvalue weighted by atomic mass is 9.96. The van der Waals surface area contributed by atoms with Crippen molar-refractivity contribution in [3.05, 3.63) is 67.8 Å². The van der Waals surface area contributed by atoms with Gasteiger partial charge in [-0.05, 0) is 74.9 Å². The number of aryl methyl sites for hydroxylation is 2. The lowest BCUT2D eigenvalue weighted by molar-refractivity contribution is -0.110. The molecule has 1 aliphatic heterocycles. The van der Waals surface area contributed by atoms with E-state index in [1.54, 1.807) is 23.5 Å². The number of amides is 1. The third-order valence-corrected chi connectivity index (χ3v) is 7.51. The van der Waals surface area contributed by atoms with Gasteiger partial charge < -0.3 is 9.88 Å². The number of rotatable bonds is 2. The second kappa shape index (κ2) is 7.16. The van der Waals surface area contributed by atoms with Gasteiger partial charge in [-0.15, -0.1) is 11.3 Å². The quantitative estimate of drug-likeness (QED) is 0.500. The van der Waals surface area contributed by atoms with E-state index in [0.717, 1.165) is 58.0 Å². The summed E-state index contributed by atoms with van der Waals surface area (Å²) in [6.07, 6.45) is 6.33. The molecule has 30 heavy (non-hydrogen) atoms. The van der Waals surface area contributed by atoms with Crippen LogP contribution < -0.4 is 5.32 Å². The summed E-state index contributed by atoms with van der Waals surface area (Å²) in [6, 6.07) is 10.00. The number of halogens is 1. The summed E-state index contributed by atoms with van der Waals surface area (Å²) in [6.45, 7) is 4.10. The van der Waals surface area contributed by atoms with Crippen LogP contribution in [0.4, 0.5) is 5.69 Å². The topological polar surface area (TPSA) is 57.8 Å². The zero-order valence-corrected chi connectivity index (χ0v) is 18.4. The summed E-state index contributed by atoms with van der Waals surface area (Å²) in [5, 5.41) is 14.4. The number of hydrogen-bond donors (Lipinski definition) is 1. The maximum atomic E-state index is 12.6. The molecule has 0 unspecified atom stereocenters. The predicted molar refractivity (Wildman–Crippen MR) is 122 cm³/mol. The molecule has 0 spiro atoms. The van der Waals surface area contributed by atoms with E-state index in [0.29, 0.717) is 10.6 Å². The summed E-state index contributed by atoms with van der Waals surface area (Å²) >= 11 is 7.81. The zero-order valence-electron chi connectivity index (χ0n) is 16.8. The minimum atomic E-state index is -0.124. The van der Waals surface area contributed by atoms with Crippen LogP contribution in [0.1, 0.15) is 51.4 Å². The molecule has 0 radical (unpaired) electrons. The Bertz CT molecular complexity index is 1290. The average molecular weight is 434 g/mol. The number of aromatic nitrogens is 1. The molecule has 1 aliphatic carbocycles. The van der Waals surface area contributed by atoms with Crippen molar-refractivity contribution in [3.63, 3.8) is 0 Å². The van der Waals surface area contributed by atoms with E-state index >= 15 is 0 Å². The second-order valence-electron chi connectivity index (χ2n) is 7.87. The molecule has 1 N–H and O–H groups in total. The first-order chi connectivity index (χ1) is 14.5. The Balaban J connectivity index is 1.63. The Morgan fingerprint density at radius 3 is 2.83 bits per heavy atom. The number of anilines is 1. The van der Waals surface area contributed by atoms with Crippen molar-refractivity contribution in [2.75, 3.05) is 5.32 Å². The third kappa shape index (κ3) is 2.91. The van der Waals surface area contributed by atoms with Gasteiger partial charge in [-0.3, -0.25) is 4.79 Å². The van der Waals surface area contributed by atoms with E-state index in [2.05, 4.69) is 35.9 Å². The largest absolute Gasteiger partial charge is 0.321 e. The van der Waals surface area contributed by atoms with E-state index < -0.39 is 0 Å². The van der Waals surface area contributed by atoms with Gasteiger partial charge in [-0.25, -0.2) is 0 Å². The molecule has 2 aliphatic rings. The average Bonchev–Trinajstić information content (AvgIpc) is 3.32. The first kappa shape index (κ1) is 19.2. The Morgan fingerprint density at radius 2 is 2.03 bits per heavy atom. The van der Waals surface area contributed by atoms with Crippen molar-refractivity contribution in [1.29, 1.82) is 5.26 Å². The molecule has 0 fully saturated rings. The van der Waals surface area contributed by atoms with Crippen LogP contribution in [0.15, 0.2) is 24.3 Å². The molecule has 5 rings (SSSR count). The lowest BCUT2D eigenvalue weighted by Gasteiger charge is -2.10. The molecule has 0 atom stereocenters. The number of carbonyl (C=O) groups excluding carboxylic acids is 1. The van der Waals surface area contributed by atoms with Gasteiger partial charge in [-0.2, -0.15) is 5.26 Å². The molecule has 2 aromatic heterocycles. The smallest absolute Gasteiger partial charge is 0.256 e. The fraction of sp³-hybridized carbons (Fsp3) is 0.250. The molecule has 150 valence electrons. The minimum Gasteiger partial charge on any atom is -0.321 e. The maximum absolute atomic E-state index is 12.6. The van der Waals surface area contributed by atoms with Crippen LogP contribution in [0.25, 0.3) is 16.7 Å². The molecular weight excluding hydrogens is 414 g/mol. The van der Waals surface area contributed by atoms with Crippen molar-refractivity contribution in [2.24, 2.45) is 0 Å². The summed E-state index contributed by atoms with van der Waals surface area (Å²) in [5.41, 5.74) is 7.35. The predicted octanol–water partition coefficient (Wildman–Crippen LogP) is 6.05. The van der Waals surface area contributed by atoms with Gasteiger partial charge in [0.2, 0.25) is 0 Å². The summed E-state index contributed by atoms with van der Waals surface area (Å²) in [7, 11) is 0. The van der Waals surface area contributed by atoms with Crippen LogP contribution in [0.5, 0.6) is 0 Å². The molecular formula is C24H20ClN3OS. The van der Waals surface area contributed by atoms with E-state index in [-0.39, 0.29) is 5.91 Å². The van der Waals surface area contributed by atoms with Crippen LogP contribution in [-0.4, -0.2) is 10.5 Å². The standard InChI is InChI=1S/C24H20ClN3OS/c1-13-9-15(10-19-17-8-7-16(25)11-21(17)27-23(19)29)14(2)28(13)24-20(12-26)18-5-3-4-6-22(18)30-24/h7-11H,3-6H2,1-2H3,(H,27,29)/b19-10+. The Morgan fingerprint density at radius 1 is 1.23 bits per heavy atom. The van der Waals surface area contributed by atoms with Crippen molar-refractivity contribution in [3.8, 4) is 11.1 Å². The SMILES string of the molecule is Cc1cc(/C=C2/C(=O)Nc3cc(Cl)ccc32)c(C)n1-c1sc2c(c1C#N)CCCC2. The fourth-order valence-corrected chi connectivity index (χ4v) is 6.16. The molecule has 1 aromatic carbocycles. The first-order valence-electron chi connectivity index (χ1n) is 10.0. The third-order valence-electron chi connectivity index (χ3n) is 6.00. The summed E-state index contributed by atoms with van der Waals surface area (Å²) in [5.74, 6) is -0.124. The first-order valence-corrected chi connectivity index (χ1v) is 11.2. The summed E-state index contributed by atoms with van der Waals surface area (Å²) < 4.78 is 2.17. The minimum absolute atomic E-state index is 0.124. The number of nitrogens with zero attached hydrogens (tertiary/aromatic N) is 2. The number of fused-ring (bicyclic) bond motifs is 2. The van der Waals surface area contributed by atoms with Crippen molar-refractivity contribution >= 4 is 46.2 Å². The van der Waals surface area contributed by atoms with Crippen LogP contribution in [0.2, 0.25) is 5.02 Å². The number of benzene rings is 1. The second-order valence-corrected chi connectivity index (χ2v) is 9.39. The molecule has 3 aromatic rings. The number of nitrogens with one attached hydrogen (secondary N) is 1. The Kier molecular flexibility index (Phi) is 4.57. The highest BCUT2D eigenvalue weighted by Crippen LogP contribution is 2.39. The van der Waals surface area contributed by atoms with Gasteiger partial charge in [0.25, 0.3) is 5.91 Å². The molecule has 1 amide bonds. The molecule has 4 nitrogen and oxygen atoms in total. The fourth-order valence-electron chi connectivity index (χ4n) is 4.54. The van der Waals surface area contributed by atoms with E-state index in [1.165, 1.54) is 16.9 Å². The summed E-state index contributed by atoms with van der Waals surface area (Å²) in [4.78, 5) is 13.9. The van der Waals surface area contributed by atoms with Crippen molar-refractivity contribution in [1.82, 2.24) is 4.57 Å². The van der Waals surface area contributed by atoms with Crippen LogP contribution in [0, 0.1) is 25.2 Å². The molecule has 0 saturated carbocycles. The monoisotopic (exact) mass is 433 g/mol. The van der Waals surface area contributed by atoms with Crippen LogP contribution in [-0.2, 0) is 17.6 Å². The lowest BCUT2D eigenvalue weighted by Crippen LogP contribution is -2.04. The molecule has 6 heteroatoms. The van der Waals surface area contributed by atoms with Gasteiger partial charge in [0, 0.05) is 32.4 Å². The van der Waals surface area contributed by atoms with Gasteiger partial charge in [0.15, 0.2) is 0 Å². The van der Waals surface area contributed by atoms with Gasteiger partial charge >= 0.3 is 0 Å². The number of carbonyl (C=O) groups is 1. The highest BCUT2D eigenvalue weighted by atomic mass is 35.5. The number of thiophene rings is 1. The van der Waals surface area contributed by atoms with Crippen LogP contribution in [0.3, 0.4) is 0 Å². The zero-order chi connectivity index (χ0) is 21.0. The Labute approximate surface area is 184 Å². The van der Waals surface area contributed by atoms with Gasteiger partial charge in [0.1, 0.15) is 11.1 Å². The highest BCUT2D eigenvalue weighted by molar-refractivity contribution is 7.15. The van der Waals surface area contributed by atoms with Gasteiger partial charge in [0.05, 0.1) is 11.3 Å². The van der Waals surface area contributed by atoms with E-state index in [1.807, 2.05) is 12.1 Å². The molecule has 3 heterocycles. The van der Waals surface area contributed by atoms with E-state index in [9.17, 15) is 10.1 Å². The van der Waals surface area contributed by atoms with E-state index in [4.69, 9.17) is 11.6 Å². The van der Waals surface area contributed by atoms with Crippen molar-refractivity contribution in [2.45, 2.75) is 39.5 Å². The number of hydrogen-bond acceptors (Lipinski definition) is 3. The van der Waals surface area contributed by atoms with Crippen LogP contribution >= 0.6 is 22.9 Å². The van der Waals surface area contributed by atoms with Gasteiger partial charge in [-0.1, -0.05) is 17.7 Å². The highest BCUT2D eigenvalue weighted by Gasteiger charge is 2.26. The normalized spacial score (nSPS) is 16.3.